The van der Waals surface area contributed by atoms with Gasteiger partial charge in [-0.1, -0.05) is 22.9 Å². The van der Waals surface area contributed by atoms with Crippen LogP contribution in [0.15, 0.2) is 37.2 Å². The van der Waals surface area contributed by atoms with Gasteiger partial charge in [0.15, 0.2) is 5.54 Å². The van der Waals surface area contributed by atoms with Crippen LogP contribution in [0.5, 0.6) is 0 Å². The molecule has 72 heavy (non-hydrogen) atoms. The zero-order chi connectivity index (χ0) is 53.9. The first-order valence-electron chi connectivity index (χ1n) is 23.0. The Morgan fingerprint density at radius 3 is 1.43 bits per heavy atom. The summed E-state index contributed by atoms with van der Waals surface area (Å²) in [5.41, 5.74) is -0.433. The Hall–Kier alpha value is 0.00870. The number of halogens is 1. The molecule has 3 aliphatic rings. The van der Waals surface area contributed by atoms with Crippen molar-refractivity contribution >= 4 is 78.1 Å². The first-order chi connectivity index (χ1) is 32.0. The molecule has 0 radical (unpaired) electrons. The van der Waals surface area contributed by atoms with Crippen molar-refractivity contribution in [2.24, 2.45) is 5.92 Å². The number of aromatic amines is 1. The molecule has 21 nitrogen and oxygen atoms in total. The van der Waals surface area contributed by atoms with Crippen LogP contribution in [0.1, 0.15) is 133 Å². The van der Waals surface area contributed by atoms with Crippen molar-refractivity contribution in [1.82, 2.24) is 29.8 Å². The average Bonchev–Trinajstić information content (AvgIpc) is 4.11. The summed E-state index contributed by atoms with van der Waals surface area (Å²) in [7, 11) is 0.158. The van der Waals surface area contributed by atoms with E-state index in [2.05, 4.69) is 41.2 Å². The predicted octanol–water partition coefficient (Wildman–Crippen LogP) is -2.54. The van der Waals surface area contributed by atoms with E-state index in [0.29, 0.717) is 19.8 Å². The van der Waals surface area contributed by atoms with E-state index < -0.39 is 35.3 Å². The van der Waals surface area contributed by atoms with Gasteiger partial charge in [0.1, 0.15) is 4.32 Å². The second-order valence-corrected chi connectivity index (χ2v) is 22.6. The zero-order valence-corrected chi connectivity index (χ0v) is 60.9. The molecule has 1 atom stereocenters. The van der Waals surface area contributed by atoms with E-state index in [1.807, 2.05) is 96.2 Å². The summed E-state index contributed by atoms with van der Waals surface area (Å²) >= 11 is 3.17. The zero-order valence-electron chi connectivity index (χ0n) is 47.7. The van der Waals surface area contributed by atoms with Crippen LogP contribution in [0.3, 0.4) is 0 Å². The molecule has 6 heterocycles. The summed E-state index contributed by atoms with van der Waals surface area (Å²) in [6.45, 7) is 37.7. The smallest absolute Gasteiger partial charge is 1.00 e. The van der Waals surface area contributed by atoms with E-state index in [1.165, 1.54) is 7.11 Å². The molecule has 1 N–H and O–H groups in total. The standard InChI is InChI=1S/C15H25BN2O4.C14H23BN2O4.C9H15BN2O2.C6H11BrO2.CH2O3.2Cs.H/c1-8-20-12(19)13(2,3)18-10-11(9-17-18)16-21-14(4,5)15(6,7)22-16;1-10(12(18)19-6)8-17-9-11(7-16-17)15-20-13(2,3)14(4,5)21-15;1-8(2)9(3,4)14-10(13-8)7-5-11-12-6-7;1-4-9-5(8)6(2,3)7;2-1-4-3;;;/h9-10H,8H2,1-7H3;7,9-10H,8H2,1-6H3;5-6H,1-4H3,(H,11,12);4H2,1-3H3;1,3H;;;/q;;;;;2*+1;-1/p-1. The molecule has 394 valence electrons. The molecular weight excluding hydrogens is 1240 g/mol. The number of methoxy groups -OCH3 is 1. The molecule has 0 bridgehead atoms. The number of hydrogen-bond donors (Lipinski definition) is 1. The Balaban J connectivity index is 0. The molecule has 3 aliphatic heterocycles. The van der Waals surface area contributed by atoms with Gasteiger partial charge in [0.05, 0.1) is 66.4 Å². The minimum Gasteiger partial charge on any atom is -1.00 e. The van der Waals surface area contributed by atoms with Crippen molar-refractivity contribution in [3.8, 4) is 0 Å². The van der Waals surface area contributed by atoms with Gasteiger partial charge in [-0.3, -0.25) is 28.8 Å². The number of carbonyl (C=O) groups excluding carboxylic acids is 4. The van der Waals surface area contributed by atoms with E-state index in [9.17, 15) is 14.4 Å². The van der Waals surface area contributed by atoms with Crippen LogP contribution in [-0.2, 0) is 78.3 Å². The van der Waals surface area contributed by atoms with Gasteiger partial charge in [0.2, 0.25) is 0 Å². The minimum absolute atomic E-state index is 0. The summed E-state index contributed by atoms with van der Waals surface area (Å²) in [6, 6.07) is 0. The minimum atomic E-state index is -0.877. The maximum absolute atomic E-state index is 12.1. The average molecular weight is 1320 g/mol. The van der Waals surface area contributed by atoms with Crippen LogP contribution >= 0.6 is 15.9 Å². The third-order valence-electron chi connectivity index (χ3n) is 12.6. The maximum Gasteiger partial charge on any atom is 1.00 e. The summed E-state index contributed by atoms with van der Waals surface area (Å²) in [5.74, 6) is -1.03. The number of nitrogens with zero attached hydrogens (tertiary/aromatic N) is 5. The first-order valence-corrected chi connectivity index (χ1v) is 23.7. The third kappa shape index (κ3) is 20.0. The van der Waals surface area contributed by atoms with E-state index in [1.54, 1.807) is 81.9 Å². The van der Waals surface area contributed by atoms with Gasteiger partial charge in [0.25, 0.3) is 6.47 Å². The molecule has 6 rings (SSSR count). The van der Waals surface area contributed by atoms with E-state index in [0.717, 1.165) is 16.4 Å². The molecule has 3 fully saturated rings. The number of esters is 3. The summed E-state index contributed by atoms with van der Waals surface area (Å²) in [6.07, 6.45) is 10.5. The van der Waals surface area contributed by atoms with Crippen LogP contribution in [0, 0.1) is 5.92 Å². The fraction of sp³-hybridized carbons (Fsp3) is 0.711. The summed E-state index contributed by atoms with van der Waals surface area (Å²) in [5, 5.41) is 23.6. The molecule has 0 saturated carbocycles. The molecule has 0 aliphatic carbocycles. The van der Waals surface area contributed by atoms with Crippen molar-refractivity contribution in [2.45, 2.75) is 182 Å². The van der Waals surface area contributed by atoms with Gasteiger partial charge in [-0.15, -0.1) is 0 Å². The van der Waals surface area contributed by atoms with Gasteiger partial charge < -0.3 is 53.7 Å². The Morgan fingerprint density at radius 1 is 0.722 bits per heavy atom. The molecule has 3 aromatic rings. The molecular formula is C45H76B3BrCs2N6O15. The van der Waals surface area contributed by atoms with Crippen LogP contribution in [0.4, 0.5) is 0 Å². The SMILES string of the molecule is CC1(C)OB(c2cn[nH]c2)OC1(C)C.CCOC(=O)C(C)(C)Br.CCOC(=O)C(C)(C)n1cc(B2OC(C)(C)C(C)(C)O2)cn1.COC(=O)C(C)Cn1cc(B2OC(C)(C)C(C)(C)O2)cn1.O=CO[O-].[Cs+].[Cs+].[H-]. The first kappa shape index (κ1) is 72.0. The largest absolute Gasteiger partial charge is 1.00 e. The van der Waals surface area contributed by atoms with Gasteiger partial charge in [-0.2, -0.15) is 15.3 Å². The molecule has 0 aromatic carbocycles. The van der Waals surface area contributed by atoms with Crippen molar-refractivity contribution in [1.29, 1.82) is 0 Å². The van der Waals surface area contributed by atoms with Gasteiger partial charge >= 0.3 is 177 Å². The molecule has 3 aromatic heterocycles. The van der Waals surface area contributed by atoms with Crippen LogP contribution in [0.25, 0.3) is 0 Å². The molecule has 1 unspecified atom stereocenters. The molecule has 3 saturated heterocycles. The van der Waals surface area contributed by atoms with Crippen molar-refractivity contribution in [2.75, 3.05) is 20.3 Å². The van der Waals surface area contributed by atoms with Crippen LogP contribution in [0.2, 0.25) is 0 Å². The number of ether oxygens (including phenoxy) is 3. The normalized spacial score (nSPS) is 18.8. The fourth-order valence-corrected chi connectivity index (χ4v) is 6.07. The van der Waals surface area contributed by atoms with Crippen molar-refractivity contribution in [3.63, 3.8) is 0 Å². The summed E-state index contributed by atoms with van der Waals surface area (Å²) < 4.78 is 52.9. The van der Waals surface area contributed by atoms with Crippen LogP contribution in [-0.4, -0.2) is 134 Å². The van der Waals surface area contributed by atoms with E-state index in [4.69, 9.17) is 52.2 Å². The third-order valence-corrected chi connectivity index (χ3v) is 12.9. The number of nitrogens with one attached hydrogen (secondary N) is 1. The quantitative estimate of drug-likeness (QED) is 0.0373. The Morgan fingerprint density at radius 2 is 1.10 bits per heavy atom. The van der Waals surface area contributed by atoms with Gasteiger partial charge in [-0.05, 0) is 125 Å². The second kappa shape index (κ2) is 29.8. The number of carbonyl (C=O) groups is 4. The predicted molar refractivity (Wildman–Crippen MR) is 265 cm³/mol. The molecule has 27 heteroatoms. The molecule has 0 amide bonds. The number of hydrogen-bond acceptors (Lipinski definition) is 18. The summed E-state index contributed by atoms with van der Waals surface area (Å²) in [4.78, 5) is 45.5. The molecule has 0 spiro atoms. The van der Waals surface area contributed by atoms with Gasteiger partial charge in [-0.25, -0.2) is 4.79 Å². The Kier molecular flexibility index (Phi) is 29.8. The van der Waals surface area contributed by atoms with Crippen molar-refractivity contribution < 1.29 is 211 Å². The van der Waals surface area contributed by atoms with Crippen molar-refractivity contribution in [3.05, 3.63) is 37.2 Å². The Bertz CT molecular complexity index is 2110. The fourth-order valence-electron chi connectivity index (χ4n) is 5.95. The monoisotopic (exact) mass is 1320 g/mol. The maximum atomic E-state index is 12.1. The number of alkyl halides is 1. The number of rotatable bonds is 12. The number of H-pyrrole nitrogens is 1. The topological polar surface area (TPSA) is 248 Å². The number of aromatic nitrogens is 6. The second-order valence-electron chi connectivity index (χ2n) is 20.6. The van der Waals surface area contributed by atoms with Gasteiger partial charge in [0, 0.05) is 53.6 Å². The van der Waals surface area contributed by atoms with E-state index >= 15 is 0 Å². The van der Waals surface area contributed by atoms with E-state index in [-0.39, 0.29) is 199 Å². The van der Waals surface area contributed by atoms with Crippen LogP contribution < -0.4 is 159 Å². The Labute approximate surface area is 554 Å².